The van der Waals surface area contributed by atoms with E-state index in [9.17, 15) is 15.0 Å². The first-order valence-electron chi connectivity index (χ1n) is 5.50. The highest BCUT2D eigenvalue weighted by Gasteiger charge is 2.18. The highest BCUT2D eigenvalue weighted by Crippen LogP contribution is 2.32. The minimum absolute atomic E-state index is 0.0938. The summed E-state index contributed by atoms with van der Waals surface area (Å²) in [5, 5.41) is 19.3. The minimum atomic E-state index is -1.000. The predicted molar refractivity (Wildman–Crippen MR) is 70.7 cm³/mol. The molecule has 4 nitrogen and oxygen atoms in total. The van der Waals surface area contributed by atoms with Gasteiger partial charge in [0.25, 0.3) is 0 Å². The maximum absolute atomic E-state index is 11.1. The van der Waals surface area contributed by atoms with Crippen LogP contribution < -0.4 is 4.74 Å². The van der Waals surface area contributed by atoms with Crippen molar-refractivity contribution in [3.05, 3.63) is 53.1 Å². The second-order valence-electron chi connectivity index (χ2n) is 3.85. The van der Waals surface area contributed by atoms with Crippen molar-refractivity contribution in [1.29, 1.82) is 0 Å². The lowest BCUT2D eigenvalue weighted by Gasteiger charge is -2.16. The molecule has 1 atom stereocenters. The van der Waals surface area contributed by atoms with Gasteiger partial charge in [0, 0.05) is 11.6 Å². The van der Waals surface area contributed by atoms with Gasteiger partial charge in [0.05, 0.1) is 5.02 Å². The van der Waals surface area contributed by atoms with E-state index in [0.29, 0.717) is 17.1 Å². The SMILES string of the molecule is O=C[C@@H](Oc1ccccc1Cl)c1ccc(O)cc1O. The summed E-state index contributed by atoms with van der Waals surface area (Å²) in [4.78, 5) is 11.1. The van der Waals surface area contributed by atoms with Gasteiger partial charge in [-0.2, -0.15) is 0 Å². The van der Waals surface area contributed by atoms with Crippen LogP contribution in [0.3, 0.4) is 0 Å². The third-order valence-corrected chi connectivity index (χ3v) is 2.85. The lowest BCUT2D eigenvalue weighted by atomic mass is 10.1. The number of halogens is 1. The zero-order valence-electron chi connectivity index (χ0n) is 9.79. The molecular weight excluding hydrogens is 268 g/mol. The minimum Gasteiger partial charge on any atom is -0.508 e. The Labute approximate surface area is 114 Å². The van der Waals surface area contributed by atoms with Crippen LogP contribution in [-0.2, 0) is 4.79 Å². The number of hydrogen-bond donors (Lipinski definition) is 2. The summed E-state index contributed by atoms with van der Waals surface area (Å²) < 4.78 is 5.46. The van der Waals surface area contributed by atoms with Crippen LogP contribution in [0.15, 0.2) is 42.5 Å². The van der Waals surface area contributed by atoms with Crippen molar-refractivity contribution in [1.82, 2.24) is 0 Å². The van der Waals surface area contributed by atoms with Gasteiger partial charge in [-0.25, -0.2) is 0 Å². The van der Waals surface area contributed by atoms with E-state index in [0.717, 1.165) is 6.07 Å². The summed E-state index contributed by atoms with van der Waals surface area (Å²) in [5.74, 6) is 0.0292. The zero-order chi connectivity index (χ0) is 13.8. The number of benzene rings is 2. The molecular formula is C14H11ClO4. The number of carbonyl (C=O) groups excluding carboxylic acids is 1. The summed E-state index contributed by atoms with van der Waals surface area (Å²) in [6.45, 7) is 0. The van der Waals surface area contributed by atoms with Crippen LogP contribution in [0.5, 0.6) is 17.2 Å². The van der Waals surface area contributed by atoms with Gasteiger partial charge in [0.1, 0.15) is 17.2 Å². The first-order valence-corrected chi connectivity index (χ1v) is 5.88. The van der Waals surface area contributed by atoms with E-state index in [1.807, 2.05) is 0 Å². The predicted octanol–water partition coefficient (Wildman–Crippen LogP) is 3.07. The van der Waals surface area contributed by atoms with Crippen LogP contribution in [0.1, 0.15) is 11.7 Å². The maximum Gasteiger partial charge on any atom is 0.182 e. The quantitative estimate of drug-likeness (QED) is 0.844. The molecule has 19 heavy (non-hydrogen) atoms. The summed E-state index contributed by atoms with van der Waals surface area (Å²) in [6.07, 6.45) is -0.449. The number of para-hydroxylation sites is 1. The molecule has 0 heterocycles. The van der Waals surface area contributed by atoms with E-state index in [1.54, 1.807) is 24.3 Å². The average molecular weight is 279 g/mol. The average Bonchev–Trinajstić information content (AvgIpc) is 2.39. The van der Waals surface area contributed by atoms with Crippen molar-refractivity contribution in [2.75, 3.05) is 0 Å². The van der Waals surface area contributed by atoms with Crippen LogP contribution >= 0.6 is 11.6 Å². The number of phenols is 2. The smallest absolute Gasteiger partial charge is 0.182 e. The number of aromatic hydroxyl groups is 2. The molecule has 0 aliphatic carbocycles. The van der Waals surface area contributed by atoms with Crippen molar-refractivity contribution in [3.8, 4) is 17.2 Å². The largest absolute Gasteiger partial charge is 0.508 e. The number of ether oxygens (including phenoxy) is 1. The molecule has 0 fully saturated rings. The summed E-state index contributed by atoms with van der Waals surface area (Å²) >= 11 is 5.93. The molecule has 0 amide bonds. The third-order valence-electron chi connectivity index (χ3n) is 2.53. The van der Waals surface area contributed by atoms with Gasteiger partial charge in [-0.3, -0.25) is 4.79 Å². The van der Waals surface area contributed by atoms with Gasteiger partial charge < -0.3 is 14.9 Å². The van der Waals surface area contributed by atoms with Crippen molar-refractivity contribution in [2.45, 2.75) is 6.10 Å². The zero-order valence-corrected chi connectivity index (χ0v) is 10.5. The lowest BCUT2D eigenvalue weighted by Crippen LogP contribution is -2.09. The van der Waals surface area contributed by atoms with Gasteiger partial charge in [-0.05, 0) is 24.3 Å². The Kier molecular flexibility index (Phi) is 3.92. The molecule has 2 rings (SSSR count). The van der Waals surface area contributed by atoms with Gasteiger partial charge in [-0.15, -0.1) is 0 Å². The Morgan fingerprint density at radius 2 is 1.89 bits per heavy atom. The molecule has 0 saturated heterocycles. The molecule has 0 unspecified atom stereocenters. The van der Waals surface area contributed by atoms with Gasteiger partial charge >= 0.3 is 0 Å². The van der Waals surface area contributed by atoms with E-state index >= 15 is 0 Å². The van der Waals surface area contributed by atoms with Gasteiger partial charge in [-0.1, -0.05) is 23.7 Å². The molecule has 0 saturated carbocycles. The number of aldehydes is 1. The van der Waals surface area contributed by atoms with Crippen molar-refractivity contribution in [3.63, 3.8) is 0 Å². The molecule has 0 aliphatic rings. The van der Waals surface area contributed by atoms with Crippen LogP contribution in [0, 0.1) is 0 Å². The molecule has 0 spiro atoms. The monoisotopic (exact) mass is 278 g/mol. The van der Waals surface area contributed by atoms with Crippen LogP contribution in [0.2, 0.25) is 5.02 Å². The first kappa shape index (κ1) is 13.2. The molecule has 5 heteroatoms. The number of hydrogen-bond acceptors (Lipinski definition) is 4. The Balaban J connectivity index is 2.30. The number of phenolic OH excluding ortho intramolecular Hbond substituents is 2. The van der Waals surface area contributed by atoms with Crippen LogP contribution in [-0.4, -0.2) is 16.5 Å². The Bertz CT molecular complexity index is 598. The molecule has 2 N–H and O–H groups in total. The summed E-state index contributed by atoms with van der Waals surface area (Å²) in [7, 11) is 0. The maximum atomic E-state index is 11.1. The Morgan fingerprint density at radius 3 is 2.53 bits per heavy atom. The highest BCUT2D eigenvalue weighted by molar-refractivity contribution is 6.32. The van der Waals surface area contributed by atoms with E-state index < -0.39 is 6.10 Å². The van der Waals surface area contributed by atoms with Crippen LogP contribution in [0.4, 0.5) is 0 Å². The van der Waals surface area contributed by atoms with Gasteiger partial charge in [0.2, 0.25) is 0 Å². The van der Waals surface area contributed by atoms with Crippen molar-refractivity contribution in [2.24, 2.45) is 0 Å². The van der Waals surface area contributed by atoms with E-state index in [-0.39, 0.29) is 17.1 Å². The molecule has 0 aromatic heterocycles. The van der Waals surface area contributed by atoms with Crippen LogP contribution in [0.25, 0.3) is 0 Å². The fraction of sp³-hybridized carbons (Fsp3) is 0.0714. The summed E-state index contributed by atoms with van der Waals surface area (Å²) in [6, 6.07) is 10.6. The standard InChI is InChI=1S/C14H11ClO4/c15-11-3-1-2-4-13(11)19-14(8-16)10-6-5-9(17)7-12(10)18/h1-8,14,17-18H/t14-/m1/s1. The summed E-state index contributed by atoms with van der Waals surface area (Å²) in [5.41, 5.74) is 0.257. The van der Waals surface area contributed by atoms with E-state index in [2.05, 4.69) is 0 Å². The van der Waals surface area contributed by atoms with Crippen molar-refractivity contribution >= 4 is 17.9 Å². The highest BCUT2D eigenvalue weighted by atomic mass is 35.5. The second-order valence-corrected chi connectivity index (χ2v) is 4.26. The van der Waals surface area contributed by atoms with E-state index in [1.165, 1.54) is 12.1 Å². The topological polar surface area (TPSA) is 66.8 Å². The molecule has 2 aromatic carbocycles. The molecule has 0 radical (unpaired) electrons. The Morgan fingerprint density at radius 1 is 1.16 bits per heavy atom. The fourth-order valence-corrected chi connectivity index (χ4v) is 1.79. The number of rotatable bonds is 4. The van der Waals surface area contributed by atoms with Crippen molar-refractivity contribution < 1.29 is 19.7 Å². The second kappa shape index (κ2) is 5.63. The Hall–Kier alpha value is -2.20. The molecule has 0 bridgehead atoms. The van der Waals surface area contributed by atoms with E-state index in [4.69, 9.17) is 16.3 Å². The molecule has 98 valence electrons. The normalized spacial score (nSPS) is 11.8. The fourth-order valence-electron chi connectivity index (χ4n) is 1.61. The molecule has 2 aromatic rings. The van der Waals surface area contributed by atoms with Gasteiger partial charge in [0.15, 0.2) is 12.4 Å². The third kappa shape index (κ3) is 2.98. The molecule has 0 aliphatic heterocycles. The number of carbonyl (C=O) groups is 1. The first-order chi connectivity index (χ1) is 9.11. The lowest BCUT2D eigenvalue weighted by molar-refractivity contribution is -0.114.